The highest BCUT2D eigenvalue weighted by atomic mass is 16.3. The van der Waals surface area contributed by atoms with Crippen molar-refractivity contribution in [3.63, 3.8) is 0 Å². The molecule has 1 heterocycles. The molecule has 0 aliphatic rings. The second-order valence-electron chi connectivity index (χ2n) is 7.78. The lowest BCUT2D eigenvalue weighted by Crippen LogP contribution is -2.02. The van der Waals surface area contributed by atoms with Gasteiger partial charge in [0.25, 0.3) is 0 Å². The van der Waals surface area contributed by atoms with Crippen molar-refractivity contribution >= 4 is 0 Å². The summed E-state index contributed by atoms with van der Waals surface area (Å²) in [5.41, 5.74) is 4.23. The van der Waals surface area contributed by atoms with Gasteiger partial charge in [-0.2, -0.15) is 0 Å². The molecule has 0 radical (unpaired) electrons. The fraction of sp³-hybridized carbons (Fsp3) is 0.545. The van der Waals surface area contributed by atoms with E-state index in [4.69, 9.17) is 4.42 Å². The highest BCUT2D eigenvalue weighted by molar-refractivity contribution is 5.32. The van der Waals surface area contributed by atoms with Gasteiger partial charge in [0.15, 0.2) is 0 Å². The predicted octanol–water partition coefficient (Wildman–Crippen LogP) is 7.00. The Balaban J connectivity index is 2.26. The van der Waals surface area contributed by atoms with Crippen LogP contribution >= 0.6 is 0 Å². The summed E-state index contributed by atoms with van der Waals surface area (Å²) >= 11 is 0. The third-order valence-electron chi connectivity index (χ3n) is 4.63. The molecule has 0 bridgehead atoms. The normalized spacial score (nSPS) is 13.3. The molecule has 1 aromatic carbocycles. The van der Waals surface area contributed by atoms with Gasteiger partial charge in [-0.15, -0.1) is 0 Å². The molecule has 0 N–H and O–H groups in total. The summed E-state index contributed by atoms with van der Waals surface area (Å²) in [5.74, 6) is 4.25. The Kier molecular flexibility index (Phi) is 5.73. The van der Waals surface area contributed by atoms with Gasteiger partial charge in [0.2, 0.25) is 0 Å². The van der Waals surface area contributed by atoms with Gasteiger partial charge in [-0.05, 0) is 41.0 Å². The summed E-state index contributed by atoms with van der Waals surface area (Å²) in [5, 5.41) is 0. The molecule has 0 fully saturated rings. The molecular weight excluding hydrogens is 280 g/mol. The molecule has 1 aromatic heterocycles. The van der Waals surface area contributed by atoms with E-state index in [0.717, 1.165) is 12.2 Å². The minimum atomic E-state index is 0.437. The minimum Gasteiger partial charge on any atom is -0.465 e. The first kappa shape index (κ1) is 17.8. The molecule has 2 rings (SSSR count). The Hall–Kier alpha value is -1.50. The number of benzene rings is 1. The average Bonchev–Trinajstić information content (AvgIpc) is 2.91. The largest absolute Gasteiger partial charge is 0.465 e. The van der Waals surface area contributed by atoms with Gasteiger partial charge in [0, 0.05) is 11.8 Å². The van der Waals surface area contributed by atoms with Crippen molar-refractivity contribution in [1.29, 1.82) is 0 Å². The van der Waals surface area contributed by atoms with Gasteiger partial charge in [-0.3, -0.25) is 0 Å². The maximum absolute atomic E-state index is 6.14. The van der Waals surface area contributed by atoms with Crippen molar-refractivity contribution in [3.8, 4) is 0 Å². The van der Waals surface area contributed by atoms with Crippen LogP contribution in [0.4, 0.5) is 0 Å². The molecular formula is C22H32O. The van der Waals surface area contributed by atoms with Crippen LogP contribution < -0.4 is 0 Å². The molecule has 1 atom stereocenters. The van der Waals surface area contributed by atoms with Crippen molar-refractivity contribution in [3.05, 3.63) is 58.5 Å². The third kappa shape index (κ3) is 4.28. The molecule has 0 aliphatic heterocycles. The molecule has 126 valence electrons. The van der Waals surface area contributed by atoms with Gasteiger partial charge in [0.05, 0.1) is 0 Å². The van der Waals surface area contributed by atoms with E-state index in [2.05, 4.69) is 78.8 Å². The van der Waals surface area contributed by atoms with Crippen LogP contribution in [0, 0.1) is 0 Å². The lowest BCUT2D eigenvalue weighted by Gasteiger charge is -2.15. The highest BCUT2D eigenvalue weighted by Gasteiger charge is 2.19. The van der Waals surface area contributed by atoms with Crippen molar-refractivity contribution in [2.45, 2.75) is 78.6 Å². The van der Waals surface area contributed by atoms with Crippen LogP contribution in [-0.2, 0) is 6.42 Å². The molecule has 0 saturated heterocycles. The molecule has 1 unspecified atom stereocenters. The van der Waals surface area contributed by atoms with Crippen molar-refractivity contribution in [2.75, 3.05) is 0 Å². The maximum atomic E-state index is 6.14. The van der Waals surface area contributed by atoms with Gasteiger partial charge in [-0.1, -0.05) is 72.7 Å². The summed E-state index contributed by atoms with van der Waals surface area (Å²) in [6.07, 6.45) is 1.05. The smallest absolute Gasteiger partial charge is 0.109 e. The summed E-state index contributed by atoms with van der Waals surface area (Å²) in [6.45, 7) is 15.7. The van der Waals surface area contributed by atoms with Crippen LogP contribution in [0.3, 0.4) is 0 Å². The van der Waals surface area contributed by atoms with Gasteiger partial charge < -0.3 is 4.42 Å². The number of furan rings is 1. The lowest BCUT2D eigenvalue weighted by atomic mass is 9.89. The van der Waals surface area contributed by atoms with E-state index in [1.165, 1.54) is 22.5 Å². The fourth-order valence-electron chi connectivity index (χ4n) is 3.07. The molecule has 0 saturated carbocycles. The van der Waals surface area contributed by atoms with E-state index in [1.807, 2.05) is 0 Å². The summed E-state index contributed by atoms with van der Waals surface area (Å²) in [4.78, 5) is 0. The van der Waals surface area contributed by atoms with Gasteiger partial charge >= 0.3 is 0 Å². The van der Waals surface area contributed by atoms with Crippen LogP contribution in [0.2, 0.25) is 0 Å². The number of hydrogen-bond donors (Lipinski definition) is 0. The molecule has 1 heteroatoms. The Morgan fingerprint density at radius 3 is 2.00 bits per heavy atom. The van der Waals surface area contributed by atoms with E-state index >= 15 is 0 Å². The van der Waals surface area contributed by atoms with Crippen molar-refractivity contribution in [1.82, 2.24) is 0 Å². The molecule has 0 amide bonds. The molecule has 0 aliphatic carbocycles. The van der Waals surface area contributed by atoms with Crippen LogP contribution in [0.25, 0.3) is 0 Å². The highest BCUT2D eigenvalue weighted by Crippen LogP contribution is 2.32. The molecule has 23 heavy (non-hydrogen) atoms. The Bertz CT molecular complexity index is 631. The Labute approximate surface area is 142 Å². The SMILES string of the molecule is CC(C)c1cccc(C(C)Cc2cc(C(C)C)oc2C(C)C)c1. The van der Waals surface area contributed by atoms with Crippen LogP contribution in [-0.4, -0.2) is 0 Å². The molecule has 0 spiro atoms. The van der Waals surface area contributed by atoms with E-state index < -0.39 is 0 Å². The monoisotopic (exact) mass is 312 g/mol. The zero-order valence-electron chi connectivity index (χ0n) is 15.8. The van der Waals surface area contributed by atoms with Gasteiger partial charge in [-0.25, -0.2) is 0 Å². The van der Waals surface area contributed by atoms with E-state index in [1.54, 1.807) is 0 Å². The second-order valence-corrected chi connectivity index (χ2v) is 7.78. The third-order valence-corrected chi connectivity index (χ3v) is 4.63. The Morgan fingerprint density at radius 2 is 1.43 bits per heavy atom. The summed E-state index contributed by atoms with van der Waals surface area (Å²) in [6, 6.07) is 11.3. The standard InChI is InChI=1S/C22H32O/c1-14(2)18-9-8-10-19(12-18)17(7)11-20-13-21(15(3)4)23-22(20)16(5)6/h8-10,12-17H,11H2,1-7H3. The lowest BCUT2D eigenvalue weighted by molar-refractivity contribution is 0.428. The zero-order valence-corrected chi connectivity index (χ0v) is 15.8. The number of hydrogen-bond acceptors (Lipinski definition) is 1. The number of rotatable bonds is 6. The Morgan fingerprint density at radius 1 is 0.783 bits per heavy atom. The van der Waals surface area contributed by atoms with Crippen molar-refractivity contribution < 1.29 is 4.42 Å². The maximum Gasteiger partial charge on any atom is 0.109 e. The fourth-order valence-corrected chi connectivity index (χ4v) is 3.07. The van der Waals surface area contributed by atoms with E-state index in [-0.39, 0.29) is 0 Å². The first-order valence-electron chi connectivity index (χ1n) is 9.01. The first-order chi connectivity index (χ1) is 10.8. The quantitative estimate of drug-likeness (QED) is 0.560. The molecule has 1 nitrogen and oxygen atoms in total. The van der Waals surface area contributed by atoms with Crippen LogP contribution in [0.15, 0.2) is 34.7 Å². The van der Waals surface area contributed by atoms with Crippen LogP contribution in [0.1, 0.15) is 100 Å². The van der Waals surface area contributed by atoms with E-state index in [9.17, 15) is 0 Å². The van der Waals surface area contributed by atoms with Gasteiger partial charge in [0.1, 0.15) is 11.5 Å². The minimum absolute atomic E-state index is 0.437. The topological polar surface area (TPSA) is 13.1 Å². The summed E-state index contributed by atoms with van der Waals surface area (Å²) < 4.78 is 6.14. The summed E-state index contributed by atoms with van der Waals surface area (Å²) in [7, 11) is 0. The van der Waals surface area contributed by atoms with Crippen LogP contribution in [0.5, 0.6) is 0 Å². The van der Waals surface area contributed by atoms with E-state index in [0.29, 0.717) is 23.7 Å². The first-order valence-corrected chi connectivity index (χ1v) is 9.01. The molecule has 2 aromatic rings. The van der Waals surface area contributed by atoms with Crippen molar-refractivity contribution in [2.24, 2.45) is 0 Å². The zero-order chi connectivity index (χ0) is 17.1. The predicted molar refractivity (Wildman–Crippen MR) is 99.5 cm³/mol. The average molecular weight is 312 g/mol. The second kappa shape index (κ2) is 7.38.